The summed E-state index contributed by atoms with van der Waals surface area (Å²) in [5.41, 5.74) is 0. The van der Waals surface area contributed by atoms with Gasteiger partial charge in [0, 0.05) is 38.6 Å². The number of hydrogen-bond acceptors (Lipinski definition) is 5. The van der Waals surface area contributed by atoms with Crippen LogP contribution in [0.15, 0.2) is 49.3 Å². The van der Waals surface area contributed by atoms with Gasteiger partial charge in [-0.1, -0.05) is 6.07 Å². The van der Waals surface area contributed by atoms with Gasteiger partial charge in [0.2, 0.25) is 0 Å². The number of nitrogens with one attached hydrogen (secondary N) is 1. The fourth-order valence-corrected chi connectivity index (χ4v) is 0.730. The van der Waals surface area contributed by atoms with Crippen molar-refractivity contribution in [3.63, 3.8) is 0 Å². The number of rotatable bonds is 0. The Morgan fingerprint density at radius 2 is 1.56 bits per heavy atom. The summed E-state index contributed by atoms with van der Waals surface area (Å²) in [7, 11) is 0. The Bertz CT molecular complexity index is 359. The molecule has 0 fully saturated rings. The van der Waals surface area contributed by atoms with Crippen LogP contribution in [0.4, 0.5) is 0 Å². The zero-order valence-corrected chi connectivity index (χ0v) is 10.2. The fraction of sp³-hybridized carbons (Fsp3) is 0.167. The topological polar surface area (TPSA) is 84.9 Å². The second-order valence-corrected chi connectivity index (χ2v) is 2.87. The summed E-state index contributed by atoms with van der Waals surface area (Å²) in [6.07, 6.45) is 8.58. The molecule has 0 radical (unpaired) electrons. The van der Waals surface area contributed by atoms with E-state index in [0.717, 1.165) is 0 Å². The normalized spacial score (nSPS) is 7.89. The molecule has 2 rings (SSSR count). The van der Waals surface area contributed by atoms with Gasteiger partial charge in [-0.25, -0.2) is 4.98 Å². The van der Waals surface area contributed by atoms with Gasteiger partial charge in [-0.05, 0) is 12.1 Å². The Kier molecular flexibility index (Phi) is 9.47. The quantitative estimate of drug-likeness (QED) is 0.566. The van der Waals surface area contributed by atoms with Gasteiger partial charge in [0.1, 0.15) is 0 Å². The molecular formula is C12H15N3O3. The van der Waals surface area contributed by atoms with Gasteiger partial charge in [0.25, 0.3) is 0 Å². The van der Waals surface area contributed by atoms with Crippen molar-refractivity contribution in [2.24, 2.45) is 0 Å². The predicted molar refractivity (Wildman–Crippen MR) is 65.3 cm³/mol. The van der Waals surface area contributed by atoms with Crippen LogP contribution >= 0.6 is 0 Å². The summed E-state index contributed by atoms with van der Waals surface area (Å²) in [5.74, 6) is -1.12. The van der Waals surface area contributed by atoms with Crippen LogP contribution in [0.2, 0.25) is 0 Å². The van der Waals surface area contributed by atoms with Crippen LogP contribution in [0.3, 0.4) is 0 Å². The molecule has 6 nitrogen and oxygen atoms in total. The zero-order chi connectivity index (χ0) is 13.6. The molecule has 2 heterocycles. The Morgan fingerprint density at radius 1 is 0.944 bits per heavy atom. The molecular weight excluding hydrogens is 234 g/mol. The third-order valence-corrected chi connectivity index (χ3v) is 1.26. The highest BCUT2D eigenvalue weighted by Gasteiger charge is 1.93. The van der Waals surface area contributed by atoms with Crippen LogP contribution in [0.1, 0.15) is 13.8 Å². The number of aromatic nitrogens is 3. The monoisotopic (exact) mass is 249 g/mol. The van der Waals surface area contributed by atoms with Gasteiger partial charge in [-0.15, -0.1) is 0 Å². The van der Waals surface area contributed by atoms with E-state index in [9.17, 15) is 9.59 Å². The molecule has 2 aromatic rings. The lowest BCUT2D eigenvalue weighted by molar-refractivity contribution is -0.156. The van der Waals surface area contributed by atoms with E-state index in [1.165, 1.54) is 13.8 Å². The molecule has 96 valence electrons. The molecule has 18 heavy (non-hydrogen) atoms. The van der Waals surface area contributed by atoms with Gasteiger partial charge in [-0.3, -0.25) is 14.6 Å². The highest BCUT2D eigenvalue weighted by atomic mass is 16.6. The minimum atomic E-state index is -0.562. The lowest BCUT2D eigenvalue weighted by Gasteiger charge is -1.87. The zero-order valence-electron chi connectivity index (χ0n) is 10.2. The van der Waals surface area contributed by atoms with E-state index in [1.807, 2.05) is 18.2 Å². The molecule has 0 aliphatic carbocycles. The average Bonchev–Trinajstić information content (AvgIpc) is 2.89. The summed E-state index contributed by atoms with van der Waals surface area (Å²) >= 11 is 0. The molecule has 0 unspecified atom stereocenters. The number of nitrogens with zero attached hydrogens (tertiary/aromatic N) is 2. The standard InChI is InChI=1S/C5H5N.C4H6O3.C3H4N2/c1-2-4-6-5-3-1;1-3(5)7-4(2)6;1-2-5-3-4-1/h1-5H;1-2H3;1-3H,(H,4,5). The first-order valence-corrected chi connectivity index (χ1v) is 5.09. The van der Waals surface area contributed by atoms with Gasteiger partial charge in [0.15, 0.2) is 0 Å². The van der Waals surface area contributed by atoms with Crippen LogP contribution in [0.25, 0.3) is 0 Å². The number of ether oxygens (including phenoxy) is 1. The Hall–Kier alpha value is -2.50. The number of H-pyrrole nitrogens is 1. The molecule has 1 N–H and O–H groups in total. The van der Waals surface area contributed by atoms with Crippen LogP contribution in [0, 0.1) is 0 Å². The van der Waals surface area contributed by atoms with Gasteiger partial charge in [0.05, 0.1) is 6.33 Å². The number of carbonyl (C=O) groups is 2. The number of imidazole rings is 1. The van der Waals surface area contributed by atoms with E-state index in [-0.39, 0.29) is 0 Å². The Morgan fingerprint density at radius 3 is 1.67 bits per heavy atom. The highest BCUT2D eigenvalue weighted by Crippen LogP contribution is 1.74. The highest BCUT2D eigenvalue weighted by molar-refractivity contribution is 5.82. The van der Waals surface area contributed by atoms with E-state index in [0.29, 0.717) is 0 Å². The summed E-state index contributed by atoms with van der Waals surface area (Å²) < 4.78 is 3.97. The van der Waals surface area contributed by atoms with Crippen molar-refractivity contribution >= 4 is 11.9 Å². The summed E-state index contributed by atoms with van der Waals surface area (Å²) in [6, 6.07) is 5.72. The maximum atomic E-state index is 9.81. The van der Waals surface area contributed by atoms with Crippen LogP contribution in [-0.4, -0.2) is 26.9 Å². The second kappa shape index (κ2) is 11.0. The molecule has 0 aliphatic heterocycles. The number of hydrogen-bond donors (Lipinski definition) is 1. The van der Waals surface area contributed by atoms with Crippen molar-refractivity contribution in [1.82, 2.24) is 15.0 Å². The summed E-state index contributed by atoms with van der Waals surface area (Å²) in [4.78, 5) is 29.8. The maximum Gasteiger partial charge on any atom is 0.310 e. The molecule has 0 bridgehead atoms. The molecule has 0 spiro atoms. The fourth-order valence-electron chi connectivity index (χ4n) is 0.730. The van der Waals surface area contributed by atoms with Crippen molar-refractivity contribution in [2.45, 2.75) is 13.8 Å². The molecule has 6 heteroatoms. The molecule has 0 amide bonds. The van der Waals surface area contributed by atoms with E-state index in [2.05, 4.69) is 19.7 Å². The first-order valence-electron chi connectivity index (χ1n) is 5.09. The predicted octanol–water partition coefficient (Wildman–Crippen LogP) is 1.59. The second-order valence-electron chi connectivity index (χ2n) is 2.87. The Labute approximate surface area is 105 Å². The molecule has 0 aliphatic rings. The van der Waals surface area contributed by atoms with Gasteiger partial charge in [-0.2, -0.15) is 0 Å². The first-order chi connectivity index (χ1) is 8.63. The van der Waals surface area contributed by atoms with Crippen molar-refractivity contribution < 1.29 is 14.3 Å². The third-order valence-electron chi connectivity index (χ3n) is 1.26. The molecule has 0 atom stereocenters. The van der Waals surface area contributed by atoms with Crippen molar-refractivity contribution in [2.75, 3.05) is 0 Å². The van der Waals surface area contributed by atoms with E-state index in [1.54, 1.807) is 31.1 Å². The minimum absolute atomic E-state index is 0.562. The van der Waals surface area contributed by atoms with Crippen molar-refractivity contribution in [3.05, 3.63) is 49.3 Å². The number of esters is 2. The average molecular weight is 249 g/mol. The molecule has 2 aromatic heterocycles. The largest absolute Gasteiger partial charge is 0.394 e. The first kappa shape index (κ1) is 15.5. The van der Waals surface area contributed by atoms with Gasteiger partial charge < -0.3 is 9.72 Å². The molecule has 0 saturated carbocycles. The molecule has 0 aromatic carbocycles. The van der Waals surface area contributed by atoms with Crippen molar-refractivity contribution in [1.29, 1.82) is 0 Å². The maximum absolute atomic E-state index is 9.81. The van der Waals surface area contributed by atoms with Crippen LogP contribution < -0.4 is 0 Å². The van der Waals surface area contributed by atoms with E-state index < -0.39 is 11.9 Å². The van der Waals surface area contributed by atoms with E-state index in [4.69, 9.17) is 0 Å². The minimum Gasteiger partial charge on any atom is -0.394 e. The lowest BCUT2D eigenvalue weighted by atomic mass is 10.5. The van der Waals surface area contributed by atoms with Gasteiger partial charge >= 0.3 is 11.9 Å². The SMILES string of the molecule is CC(=O)OC(C)=O.c1c[nH]cn1.c1ccncc1. The van der Waals surface area contributed by atoms with E-state index >= 15 is 0 Å². The summed E-state index contributed by atoms with van der Waals surface area (Å²) in [6.45, 7) is 2.36. The third kappa shape index (κ3) is 13.5. The van der Waals surface area contributed by atoms with Crippen LogP contribution in [0.5, 0.6) is 0 Å². The number of pyridine rings is 1. The van der Waals surface area contributed by atoms with Crippen molar-refractivity contribution in [3.8, 4) is 0 Å². The Balaban J connectivity index is 0.000000243. The lowest BCUT2D eigenvalue weighted by Crippen LogP contribution is -2.03. The number of aromatic amines is 1. The number of carbonyl (C=O) groups excluding carboxylic acids is 2. The smallest absolute Gasteiger partial charge is 0.310 e. The van der Waals surface area contributed by atoms with Crippen LogP contribution in [-0.2, 0) is 14.3 Å². The summed E-state index contributed by atoms with van der Waals surface area (Å²) in [5, 5.41) is 0. The molecule has 0 saturated heterocycles.